The Morgan fingerprint density at radius 3 is 2.78 bits per heavy atom. The van der Waals surface area contributed by atoms with E-state index in [4.69, 9.17) is 21.1 Å². The third kappa shape index (κ3) is 5.29. The van der Waals surface area contributed by atoms with Crippen molar-refractivity contribution in [2.45, 2.75) is 39.0 Å². The summed E-state index contributed by atoms with van der Waals surface area (Å²) in [4.78, 5) is 31.7. The Balaban J connectivity index is 1.47. The van der Waals surface area contributed by atoms with Gasteiger partial charge in [0, 0.05) is 47.9 Å². The van der Waals surface area contributed by atoms with Crippen LogP contribution < -0.4 is 10.1 Å². The summed E-state index contributed by atoms with van der Waals surface area (Å²) in [5, 5.41) is 12.6. The van der Waals surface area contributed by atoms with E-state index < -0.39 is 23.6 Å². The van der Waals surface area contributed by atoms with Crippen LogP contribution in [0.15, 0.2) is 24.3 Å². The molecule has 2 N–H and O–H groups in total. The van der Waals surface area contributed by atoms with Gasteiger partial charge in [0.15, 0.2) is 5.13 Å². The van der Waals surface area contributed by atoms with E-state index in [-0.39, 0.29) is 15.9 Å². The minimum Gasteiger partial charge on any atom is -0.492 e. The molecule has 12 heteroatoms. The van der Waals surface area contributed by atoms with Gasteiger partial charge >= 0.3 is 12.2 Å². The largest absolute Gasteiger partial charge is 0.492 e. The van der Waals surface area contributed by atoms with Gasteiger partial charge in [-0.2, -0.15) is 0 Å². The fourth-order valence-electron chi connectivity index (χ4n) is 4.53. The lowest BCUT2D eigenvalue weighted by molar-refractivity contribution is 0.0503. The van der Waals surface area contributed by atoms with Gasteiger partial charge in [-0.05, 0) is 45.0 Å². The summed E-state index contributed by atoms with van der Waals surface area (Å²) < 4.78 is 26.4. The minimum atomic E-state index is -0.934. The number of hydrogen-bond acceptors (Lipinski definition) is 7. The normalized spacial score (nSPS) is 18.0. The van der Waals surface area contributed by atoms with Gasteiger partial charge < -0.3 is 19.5 Å². The predicted octanol–water partition coefficient (Wildman–Crippen LogP) is 5.66. The molecular weight excluding hydrogens is 523 g/mol. The highest BCUT2D eigenvalue weighted by molar-refractivity contribution is 7.22. The summed E-state index contributed by atoms with van der Waals surface area (Å²) in [6.07, 6.45) is -1.61. The smallest absolute Gasteiger partial charge is 0.413 e. The van der Waals surface area contributed by atoms with E-state index in [0.29, 0.717) is 60.2 Å². The van der Waals surface area contributed by atoms with Gasteiger partial charge in [0.1, 0.15) is 23.8 Å². The highest BCUT2D eigenvalue weighted by atomic mass is 35.5. The monoisotopic (exact) mass is 548 g/mol. The molecule has 1 saturated heterocycles. The van der Waals surface area contributed by atoms with Crippen LogP contribution in [0.3, 0.4) is 0 Å². The molecule has 1 atom stereocenters. The summed E-state index contributed by atoms with van der Waals surface area (Å²) in [7, 11) is 0. The third-order valence-electron chi connectivity index (χ3n) is 6.22. The van der Waals surface area contributed by atoms with Crippen molar-refractivity contribution in [3.8, 4) is 16.9 Å². The van der Waals surface area contributed by atoms with Crippen molar-refractivity contribution < 1.29 is 28.6 Å². The molecule has 0 unspecified atom stereocenters. The van der Waals surface area contributed by atoms with Gasteiger partial charge in [0.2, 0.25) is 0 Å². The molecule has 0 saturated carbocycles. The second-order valence-corrected chi connectivity index (χ2v) is 11.4. The fraction of sp³-hybridized carbons (Fsp3) is 0.400. The zero-order valence-corrected chi connectivity index (χ0v) is 22.1. The number of benzene rings is 2. The average Bonchev–Trinajstić information content (AvgIpc) is 3.14. The summed E-state index contributed by atoms with van der Waals surface area (Å²) in [6.45, 7) is 7.56. The van der Waals surface area contributed by atoms with Crippen molar-refractivity contribution in [3.05, 3.63) is 40.7 Å². The fourth-order valence-corrected chi connectivity index (χ4v) is 5.70. The summed E-state index contributed by atoms with van der Waals surface area (Å²) in [6, 6.07) is 6.53. The number of thiazole rings is 1. The third-order valence-corrected chi connectivity index (χ3v) is 7.52. The molecule has 196 valence electrons. The first-order valence-corrected chi connectivity index (χ1v) is 12.9. The van der Waals surface area contributed by atoms with Crippen LogP contribution in [0.1, 0.15) is 26.3 Å². The van der Waals surface area contributed by atoms with E-state index in [1.807, 2.05) is 12.1 Å². The SMILES string of the molecule is CC(C)(C)OC(=O)Nc1nc2c(-c3cc4c(cc3Cl)CN3CCN(C(=O)O)C[C@@H]3CO4)ccc(F)c2s1. The number of ether oxygens (including phenoxy) is 2. The van der Waals surface area contributed by atoms with Crippen LogP contribution in [0.25, 0.3) is 21.3 Å². The lowest BCUT2D eigenvalue weighted by Crippen LogP contribution is -2.55. The number of halogens is 2. The molecule has 5 rings (SSSR count). The lowest BCUT2D eigenvalue weighted by Gasteiger charge is -2.38. The first-order valence-electron chi connectivity index (χ1n) is 11.7. The van der Waals surface area contributed by atoms with E-state index in [0.717, 1.165) is 16.9 Å². The number of piperazine rings is 1. The Labute approximate surface area is 221 Å². The quantitative estimate of drug-likeness (QED) is 0.426. The molecule has 0 spiro atoms. The molecule has 1 fully saturated rings. The number of nitrogens with zero attached hydrogens (tertiary/aromatic N) is 3. The van der Waals surface area contributed by atoms with Crippen LogP contribution in [-0.2, 0) is 11.3 Å². The number of rotatable bonds is 2. The van der Waals surface area contributed by atoms with Crippen molar-refractivity contribution in [2.75, 3.05) is 31.6 Å². The van der Waals surface area contributed by atoms with Gasteiger partial charge in [0.05, 0.1) is 16.3 Å². The number of amides is 2. The molecular formula is C25H26ClFN4O5S. The van der Waals surface area contributed by atoms with Crippen molar-refractivity contribution in [1.82, 2.24) is 14.8 Å². The maximum Gasteiger partial charge on any atom is 0.413 e. The lowest BCUT2D eigenvalue weighted by atomic mass is 10.0. The van der Waals surface area contributed by atoms with Crippen molar-refractivity contribution >= 4 is 50.5 Å². The standard InChI is InChI=1S/C25H26ClFN4O5S/c1-25(2,3)36-23(32)29-22-28-20-15(4-5-18(27)21(20)37-22)16-9-19-13(8-17(16)26)10-30-6-7-31(24(33)34)11-14(30)12-35-19/h4-5,8-9,14H,6-7,10-12H2,1-3H3,(H,33,34)(H,28,29,32)/t14-/m1/s1. The highest BCUT2D eigenvalue weighted by Gasteiger charge is 2.33. The van der Waals surface area contributed by atoms with Crippen LogP contribution in [0.4, 0.5) is 19.1 Å². The first kappa shape index (κ1) is 25.5. The molecule has 2 aliphatic heterocycles. The van der Waals surface area contributed by atoms with E-state index in [9.17, 15) is 19.1 Å². The van der Waals surface area contributed by atoms with Crippen molar-refractivity contribution in [3.63, 3.8) is 0 Å². The zero-order valence-electron chi connectivity index (χ0n) is 20.5. The highest BCUT2D eigenvalue weighted by Crippen LogP contribution is 2.41. The van der Waals surface area contributed by atoms with Gasteiger partial charge in [-0.1, -0.05) is 22.9 Å². The number of carbonyl (C=O) groups is 2. The summed E-state index contributed by atoms with van der Waals surface area (Å²) in [5.41, 5.74) is 1.78. The molecule has 1 aromatic heterocycles. The number of anilines is 1. The maximum absolute atomic E-state index is 14.7. The molecule has 2 aliphatic rings. The molecule has 37 heavy (non-hydrogen) atoms. The van der Waals surface area contributed by atoms with E-state index >= 15 is 0 Å². The Morgan fingerprint density at radius 1 is 1.27 bits per heavy atom. The predicted molar refractivity (Wildman–Crippen MR) is 139 cm³/mol. The molecule has 0 aliphatic carbocycles. The van der Waals surface area contributed by atoms with Gasteiger partial charge in [-0.15, -0.1) is 0 Å². The van der Waals surface area contributed by atoms with E-state index in [1.165, 1.54) is 11.0 Å². The Morgan fingerprint density at radius 2 is 2.05 bits per heavy atom. The molecule has 3 aromatic rings. The minimum absolute atomic E-state index is 0.0722. The van der Waals surface area contributed by atoms with Crippen LogP contribution in [0, 0.1) is 5.82 Å². The number of fused-ring (bicyclic) bond motifs is 3. The molecule has 0 bridgehead atoms. The maximum atomic E-state index is 14.7. The Bertz CT molecular complexity index is 1390. The summed E-state index contributed by atoms with van der Waals surface area (Å²) in [5.74, 6) is 0.172. The zero-order chi connectivity index (χ0) is 26.5. The second kappa shape index (κ2) is 9.62. The topological polar surface area (TPSA) is 104 Å². The van der Waals surface area contributed by atoms with Gasteiger partial charge in [-0.3, -0.25) is 10.2 Å². The van der Waals surface area contributed by atoms with Crippen molar-refractivity contribution in [2.24, 2.45) is 0 Å². The molecule has 3 heterocycles. The van der Waals surface area contributed by atoms with Gasteiger partial charge in [0.25, 0.3) is 0 Å². The van der Waals surface area contributed by atoms with Crippen LogP contribution in [0.2, 0.25) is 5.02 Å². The van der Waals surface area contributed by atoms with E-state index in [1.54, 1.807) is 26.8 Å². The Hall–Kier alpha value is -3.15. The number of carboxylic acid groups (broad SMARTS) is 1. The molecule has 2 aromatic carbocycles. The van der Waals surface area contributed by atoms with Gasteiger partial charge in [-0.25, -0.2) is 19.0 Å². The van der Waals surface area contributed by atoms with Crippen LogP contribution in [-0.4, -0.2) is 70.0 Å². The van der Waals surface area contributed by atoms with Crippen LogP contribution in [0.5, 0.6) is 5.75 Å². The number of nitrogens with one attached hydrogen (secondary N) is 1. The Kier molecular flexibility index (Phi) is 6.63. The number of aromatic nitrogens is 1. The molecule has 9 nitrogen and oxygen atoms in total. The van der Waals surface area contributed by atoms with E-state index in [2.05, 4.69) is 15.2 Å². The second-order valence-electron chi connectivity index (χ2n) is 10.0. The van der Waals surface area contributed by atoms with Crippen LogP contribution >= 0.6 is 22.9 Å². The average molecular weight is 549 g/mol. The molecule has 0 radical (unpaired) electrons. The summed E-state index contributed by atoms with van der Waals surface area (Å²) >= 11 is 7.73. The first-order chi connectivity index (χ1) is 17.5. The molecule has 2 amide bonds. The number of carbonyl (C=O) groups excluding carboxylic acids is 1. The number of hydrogen-bond donors (Lipinski definition) is 2. The van der Waals surface area contributed by atoms with Crippen molar-refractivity contribution in [1.29, 1.82) is 0 Å².